The van der Waals surface area contributed by atoms with E-state index in [0.29, 0.717) is 24.2 Å². The molecule has 0 aromatic heterocycles. The van der Waals surface area contributed by atoms with Crippen molar-refractivity contribution in [1.82, 2.24) is 10.0 Å². The maximum atomic E-state index is 13.1. The molecule has 1 aromatic carbocycles. The number of halogens is 3. The van der Waals surface area contributed by atoms with Crippen molar-refractivity contribution in [1.29, 1.82) is 0 Å². The van der Waals surface area contributed by atoms with E-state index < -0.39 is 15.8 Å². The predicted octanol–water partition coefficient (Wildman–Crippen LogP) is 1.52. The first kappa shape index (κ1) is 19.8. The van der Waals surface area contributed by atoms with E-state index in [1.54, 1.807) is 7.11 Å². The third-order valence-electron chi connectivity index (χ3n) is 2.26. The van der Waals surface area contributed by atoms with Crippen LogP contribution in [0.25, 0.3) is 0 Å². The molecule has 0 fully saturated rings. The van der Waals surface area contributed by atoms with Crippen molar-refractivity contribution >= 4 is 38.4 Å². The summed E-state index contributed by atoms with van der Waals surface area (Å²) in [5, 5.41) is 3.00. The second kappa shape index (κ2) is 9.64. The van der Waals surface area contributed by atoms with E-state index in [4.69, 9.17) is 4.74 Å². The Morgan fingerprint density at radius 2 is 2.00 bits per heavy atom. The Kier molecular flexibility index (Phi) is 9.52. The largest absolute Gasteiger partial charge is 0.383 e. The molecular formula is C11H17BrClFN2O3S. The monoisotopic (exact) mass is 390 g/mol. The van der Waals surface area contributed by atoms with E-state index in [1.807, 2.05) is 0 Å². The first-order valence-electron chi connectivity index (χ1n) is 5.62. The van der Waals surface area contributed by atoms with Crippen LogP contribution in [0.2, 0.25) is 0 Å². The Hall–Kier alpha value is -0.250. The van der Waals surface area contributed by atoms with Crippen molar-refractivity contribution in [2.45, 2.75) is 4.90 Å². The molecule has 0 aliphatic carbocycles. The van der Waals surface area contributed by atoms with Crippen LogP contribution in [-0.4, -0.2) is 41.8 Å². The van der Waals surface area contributed by atoms with E-state index in [2.05, 4.69) is 26.0 Å². The molecule has 0 heterocycles. The summed E-state index contributed by atoms with van der Waals surface area (Å²) < 4.78 is 44.5. The van der Waals surface area contributed by atoms with Gasteiger partial charge >= 0.3 is 0 Å². The quantitative estimate of drug-likeness (QED) is 0.660. The molecule has 0 radical (unpaired) electrons. The summed E-state index contributed by atoms with van der Waals surface area (Å²) in [4.78, 5) is -0.107. The highest BCUT2D eigenvalue weighted by Gasteiger charge is 2.17. The van der Waals surface area contributed by atoms with Crippen LogP contribution in [-0.2, 0) is 14.8 Å². The van der Waals surface area contributed by atoms with Gasteiger partial charge in [0.15, 0.2) is 0 Å². The van der Waals surface area contributed by atoms with Gasteiger partial charge in [0.05, 0.1) is 11.5 Å². The average molecular weight is 392 g/mol. The summed E-state index contributed by atoms with van der Waals surface area (Å²) in [5.41, 5.74) is 0. The third kappa shape index (κ3) is 6.47. The lowest BCUT2D eigenvalue weighted by Crippen LogP contribution is -2.33. The molecule has 0 aliphatic heterocycles. The molecule has 1 aromatic rings. The van der Waals surface area contributed by atoms with Gasteiger partial charge in [-0.25, -0.2) is 17.5 Å². The number of sulfonamides is 1. The topological polar surface area (TPSA) is 67.4 Å². The smallest absolute Gasteiger partial charge is 0.241 e. The summed E-state index contributed by atoms with van der Waals surface area (Å²) in [7, 11) is -2.13. The molecular weight excluding hydrogens is 375 g/mol. The Balaban J connectivity index is 0.00000361. The Labute approximate surface area is 132 Å². The number of nitrogens with one attached hydrogen (secondary N) is 2. The summed E-state index contributed by atoms with van der Waals surface area (Å²) in [6, 6.07) is 3.53. The molecule has 0 bridgehead atoms. The number of rotatable bonds is 8. The predicted molar refractivity (Wildman–Crippen MR) is 81.3 cm³/mol. The minimum absolute atomic E-state index is 0. The van der Waals surface area contributed by atoms with Gasteiger partial charge in [0, 0.05) is 31.2 Å². The molecule has 5 nitrogen and oxygen atoms in total. The first-order chi connectivity index (χ1) is 8.97. The van der Waals surface area contributed by atoms with Crippen LogP contribution >= 0.6 is 28.3 Å². The van der Waals surface area contributed by atoms with E-state index in [-0.39, 0.29) is 23.8 Å². The molecule has 0 amide bonds. The van der Waals surface area contributed by atoms with Gasteiger partial charge in [-0.15, -0.1) is 12.4 Å². The van der Waals surface area contributed by atoms with E-state index in [9.17, 15) is 12.8 Å². The Morgan fingerprint density at radius 1 is 1.30 bits per heavy atom. The highest BCUT2D eigenvalue weighted by atomic mass is 79.9. The van der Waals surface area contributed by atoms with Gasteiger partial charge in [-0.2, -0.15) is 0 Å². The highest BCUT2D eigenvalue weighted by molar-refractivity contribution is 9.10. The molecule has 1 rings (SSSR count). The van der Waals surface area contributed by atoms with Crippen LogP contribution in [0, 0.1) is 5.82 Å². The third-order valence-corrected chi connectivity index (χ3v) is 4.71. The van der Waals surface area contributed by atoms with Crippen LogP contribution in [0.4, 0.5) is 4.39 Å². The minimum Gasteiger partial charge on any atom is -0.383 e. The van der Waals surface area contributed by atoms with Crippen LogP contribution < -0.4 is 10.0 Å². The zero-order valence-corrected chi connectivity index (χ0v) is 14.1. The molecule has 116 valence electrons. The SMILES string of the molecule is COCCNCCNS(=O)(=O)c1cc(F)ccc1Br.Cl. The molecule has 0 saturated carbocycles. The summed E-state index contributed by atoms with van der Waals surface area (Å²) >= 11 is 3.09. The fourth-order valence-corrected chi connectivity index (χ4v) is 3.34. The van der Waals surface area contributed by atoms with Crippen molar-refractivity contribution in [3.05, 3.63) is 28.5 Å². The number of hydrogen-bond acceptors (Lipinski definition) is 4. The number of methoxy groups -OCH3 is 1. The first-order valence-corrected chi connectivity index (χ1v) is 7.89. The zero-order valence-electron chi connectivity index (χ0n) is 10.9. The maximum absolute atomic E-state index is 13.1. The fourth-order valence-electron chi connectivity index (χ4n) is 1.33. The van der Waals surface area contributed by atoms with Crippen molar-refractivity contribution in [3.63, 3.8) is 0 Å². The van der Waals surface area contributed by atoms with Gasteiger partial charge < -0.3 is 10.1 Å². The van der Waals surface area contributed by atoms with E-state index >= 15 is 0 Å². The maximum Gasteiger partial charge on any atom is 0.241 e. The van der Waals surface area contributed by atoms with Crippen LogP contribution in [0.5, 0.6) is 0 Å². The highest BCUT2D eigenvalue weighted by Crippen LogP contribution is 2.22. The number of benzene rings is 1. The molecule has 0 aliphatic rings. The van der Waals surface area contributed by atoms with Crippen molar-refractivity contribution in [2.24, 2.45) is 0 Å². The average Bonchev–Trinajstić information content (AvgIpc) is 2.36. The molecule has 9 heteroatoms. The lowest BCUT2D eigenvalue weighted by molar-refractivity contribution is 0.199. The normalized spacial score (nSPS) is 11.2. The molecule has 0 unspecified atom stereocenters. The lowest BCUT2D eigenvalue weighted by Gasteiger charge is -2.09. The van der Waals surface area contributed by atoms with Gasteiger partial charge in [0.2, 0.25) is 10.0 Å². The number of hydrogen-bond donors (Lipinski definition) is 2. The van der Waals surface area contributed by atoms with Gasteiger partial charge in [0.1, 0.15) is 5.82 Å². The van der Waals surface area contributed by atoms with Crippen molar-refractivity contribution < 1.29 is 17.5 Å². The number of ether oxygens (including phenoxy) is 1. The summed E-state index contributed by atoms with van der Waals surface area (Å²) in [6.45, 7) is 1.88. The van der Waals surface area contributed by atoms with Crippen molar-refractivity contribution in [3.8, 4) is 0 Å². The molecule has 20 heavy (non-hydrogen) atoms. The summed E-state index contributed by atoms with van der Waals surface area (Å²) in [5.74, 6) is -0.596. The zero-order chi connectivity index (χ0) is 14.3. The Morgan fingerprint density at radius 3 is 2.65 bits per heavy atom. The molecule has 0 atom stereocenters. The summed E-state index contributed by atoms with van der Waals surface area (Å²) in [6.07, 6.45) is 0. The minimum atomic E-state index is -3.71. The second-order valence-corrected chi connectivity index (χ2v) is 6.31. The molecule has 2 N–H and O–H groups in total. The van der Waals surface area contributed by atoms with Crippen LogP contribution in [0.1, 0.15) is 0 Å². The van der Waals surface area contributed by atoms with E-state index in [1.165, 1.54) is 12.1 Å². The van der Waals surface area contributed by atoms with Gasteiger partial charge in [0.25, 0.3) is 0 Å². The molecule has 0 spiro atoms. The van der Waals surface area contributed by atoms with Gasteiger partial charge in [-0.05, 0) is 34.1 Å². The van der Waals surface area contributed by atoms with Crippen molar-refractivity contribution in [2.75, 3.05) is 33.4 Å². The fraction of sp³-hybridized carbons (Fsp3) is 0.455. The standard InChI is InChI=1S/C11H16BrFN2O3S.ClH/c1-18-7-6-14-4-5-15-19(16,17)11-8-9(13)2-3-10(11)12;/h2-3,8,14-15H,4-7H2,1H3;1H. The van der Waals surface area contributed by atoms with Gasteiger partial charge in [-0.1, -0.05) is 0 Å². The van der Waals surface area contributed by atoms with Crippen LogP contribution in [0.15, 0.2) is 27.6 Å². The lowest BCUT2D eigenvalue weighted by atomic mass is 10.3. The second-order valence-electron chi connectivity index (χ2n) is 3.72. The van der Waals surface area contributed by atoms with Crippen LogP contribution in [0.3, 0.4) is 0 Å². The van der Waals surface area contributed by atoms with E-state index in [0.717, 1.165) is 6.07 Å². The Bertz CT molecular complexity index is 516. The molecule has 0 saturated heterocycles. The van der Waals surface area contributed by atoms with Gasteiger partial charge in [-0.3, -0.25) is 0 Å².